The quantitative estimate of drug-likeness (QED) is 0.667. The zero-order chi connectivity index (χ0) is 15.9. The maximum Gasteiger partial charge on any atom is 0.253 e. The van der Waals surface area contributed by atoms with Gasteiger partial charge in [0.25, 0.3) is 5.91 Å². The van der Waals surface area contributed by atoms with Gasteiger partial charge in [-0.3, -0.25) is 4.79 Å². The van der Waals surface area contributed by atoms with Crippen molar-refractivity contribution in [1.82, 2.24) is 10.3 Å². The van der Waals surface area contributed by atoms with Crippen LogP contribution in [0, 0.1) is 18.3 Å². The molecule has 114 valence electrons. The fourth-order valence-corrected chi connectivity index (χ4v) is 1.75. The molecule has 0 unspecified atom stereocenters. The van der Waals surface area contributed by atoms with E-state index in [1.165, 1.54) is 6.20 Å². The second kappa shape index (κ2) is 7.65. The summed E-state index contributed by atoms with van der Waals surface area (Å²) in [5.74, 6) is 2.89. The molecule has 0 aromatic carbocycles. The summed E-state index contributed by atoms with van der Waals surface area (Å²) in [7, 11) is 0. The van der Waals surface area contributed by atoms with Gasteiger partial charge in [0.1, 0.15) is 5.82 Å². The molecule has 0 aliphatic rings. The molecule has 1 amide bonds. The molecule has 0 saturated carbocycles. The fourth-order valence-electron chi connectivity index (χ4n) is 1.75. The van der Waals surface area contributed by atoms with Crippen LogP contribution < -0.4 is 10.6 Å². The summed E-state index contributed by atoms with van der Waals surface area (Å²) >= 11 is 0. The maximum atomic E-state index is 11.7. The number of aliphatic hydroxyl groups is 1. The minimum Gasteiger partial charge on any atom is -0.388 e. The van der Waals surface area contributed by atoms with Crippen LogP contribution in [0.25, 0.3) is 0 Å². The van der Waals surface area contributed by atoms with E-state index in [9.17, 15) is 9.90 Å². The van der Waals surface area contributed by atoms with Gasteiger partial charge in [0.2, 0.25) is 0 Å². The van der Waals surface area contributed by atoms with Crippen LogP contribution in [0.5, 0.6) is 0 Å². The molecule has 5 heteroatoms. The van der Waals surface area contributed by atoms with E-state index < -0.39 is 5.60 Å². The number of carbonyl (C=O) groups is 1. The summed E-state index contributed by atoms with van der Waals surface area (Å²) in [6.45, 7) is 6.44. The number of carbonyl (C=O) groups excluding carboxylic acids is 1. The van der Waals surface area contributed by atoms with Gasteiger partial charge in [-0.15, -0.1) is 6.42 Å². The van der Waals surface area contributed by atoms with Gasteiger partial charge in [-0.05, 0) is 25.0 Å². The molecule has 3 N–H and O–H groups in total. The topological polar surface area (TPSA) is 74.2 Å². The average molecular weight is 289 g/mol. The number of terminal acetylenes is 1. The summed E-state index contributed by atoms with van der Waals surface area (Å²) < 4.78 is 0. The summed E-state index contributed by atoms with van der Waals surface area (Å²) in [6.07, 6.45) is 7.46. The van der Waals surface area contributed by atoms with Gasteiger partial charge in [-0.2, -0.15) is 0 Å². The van der Waals surface area contributed by atoms with E-state index in [1.54, 1.807) is 19.1 Å². The first kappa shape index (κ1) is 17.0. The Hall–Kier alpha value is -2.06. The van der Waals surface area contributed by atoms with Crippen molar-refractivity contribution < 1.29 is 9.90 Å². The number of pyridine rings is 1. The lowest BCUT2D eigenvalue weighted by molar-refractivity contribution is 0.0175. The Morgan fingerprint density at radius 3 is 2.81 bits per heavy atom. The van der Waals surface area contributed by atoms with E-state index in [2.05, 4.69) is 21.5 Å². The molecule has 5 nitrogen and oxygen atoms in total. The smallest absolute Gasteiger partial charge is 0.253 e. The molecule has 1 aromatic heterocycles. The van der Waals surface area contributed by atoms with Crippen LogP contribution in [-0.4, -0.2) is 34.7 Å². The number of amides is 1. The summed E-state index contributed by atoms with van der Waals surface area (Å²) in [5.41, 5.74) is -0.358. The van der Waals surface area contributed by atoms with E-state index in [0.29, 0.717) is 17.9 Å². The van der Waals surface area contributed by atoms with Crippen molar-refractivity contribution in [2.75, 3.05) is 18.4 Å². The first-order chi connectivity index (χ1) is 9.90. The summed E-state index contributed by atoms with van der Waals surface area (Å²) in [6, 6.07) is 3.37. The van der Waals surface area contributed by atoms with Crippen LogP contribution in [0.3, 0.4) is 0 Å². The summed E-state index contributed by atoms with van der Waals surface area (Å²) in [4.78, 5) is 15.8. The maximum absolute atomic E-state index is 11.7. The molecule has 0 aliphatic heterocycles. The largest absolute Gasteiger partial charge is 0.388 e. The third kappa shape index (κ3) is 5.09. The van der Waals surface area contributed by atoms with E-state index in [-0.39, 0.29) is 18.4 Å². The first-order valence-corrected chi connectivity index (χ1v) is 7.04. The van der Waals surface area contributed by atoms with Gasteiger partial charge in [0.05, 0.1) is 17.7 Å². The van der Waals surface area contributed by atoms with Gasteiger partial charge in [-0.1, -0.05) is 26.2 Å². The minimum atomic E-state index is -0.806. The lowest BCUT2D eigenvalue weighted by Crippen LogP contribution is -2.40. The van der Waals surface area contributed by atoms with Crippen LogP contribution in [0.1, 0.15) is 37.6 Å². The Morgan fingerprint density at radius 2 is 2.29 bits per heavy atom. The third-order valence-electron chi connectivity index (χ3n) is 3.68. The highest BCUT2D eigenvalue weighted by Crippen LogP contribution is 2.20. The lowest BCUT2D eigenvalue weighted by Gasteiger charge is -2.30. The molecule has 0 saturated heterocycles. The number of hydrogen-bond donors (Lipinski definition) is 3. The zero-order valence-electron chi connectivity index (χ0n) is 12.8. The SMILES string of the molecule is C#CCNC(=O)c1ccc(NC[C@](C)(O)[C@@H](C)CC)nc1. The average Bonchev–Trinajstić information content (AvgIpc) is 2.50. The number of hydrogen-bond acceptors (Lipinski definition) is 4. The van der Waals surface area contributed by atoms with E-state index in [4.69, 9.17) is 6.42 Å². The highest BCUT2D eigenvalue weighted by atomic mass is 16.3. The van der Waals surface area contributed by atoms with Gasteiger partial charge in [-0.25, -0.2) is 4.98 Å². The van der Waals surface area contributed by atoms with Gasteiger partial charge in [0, 0.05) is 12.7 Å². The van der Waals surface area contributed by atoms with E-state index in [0.717, 1.165) is 6.42 Å². The fraction of sp³-hybridized carbons (Fsp3) is 0.500. The van der Waals surface area contributed by atoms with E-state index in [1.807, 2.05) is 13.8 Å². The second-order valence-electron chi connectivity index (χ2n) is 5.34. The van der Waals surface area contributed by atoms with Crippen LogP contribution >= 0.6 is 0 Å². The number of nitrogens with one attached hydrogen (secondary N) is 2. The Labute approximate surface area is 126 Å². The molecule has 0 fully saturated rings. The van der Waals surface area contributed by atoms with Crippen LogP contribution in [-0.2, 0) is 0 Å². The van der Waals surface area contributed by atoms with Crippen molar-refractivity contribution in [2.45, 2.75) is 32.8 Å². The predicted octanol–water partition coefficient (Wildman–Crippen LogP) is 1.65. The highest BCUT2D eigenvalue weighted by Gasteiger charge is 2.26. The van der Waals surface area contributed by atoms with Crippen molar-refractivity contribution in [2.24, 2.45) is 5.92 Å². The molecule has 21 heavy (non-hydrogen) atoms. The Morgan fingerprint density at radius 1 is 1.57 bits per heavy atom. The van der Waals surface area contributed by atoms with Crippen LogP contribution in [0.4, 0.5) is 5.82 Å². The molecule has 0 bridgehead atoms. The van der Waals surface area contributed by atoms with Crippen LogP contribution in [0.2, 0.25) is 0 Å². The van der Waals surface area contributed by atoms with Gasteiger partial charge >= 0.3 is 0 Å². The number of rotatable bonds is 7. The monoisotopic (exact) mass is 289 g/mol. The molecule has 2 atom stereocenters. The Kier molecular flexibility index (Phi) is 6.19. The Balaban J connectivity index is 2.59. The molecule has 1 heterocycles. The van der Waals surface area contributed by atoms with Gasteiger partial charge in [0.15, 0.2) is 0 Å². The second-order valence-corrected chi connectivity index (χ2v) is 5.34. The molecule has 0 radical (unpaired) electrons. The molecule has 1 rings (SSSR count). The zero-order valence-corrected chi connectivity index (χ0v) is 12.8. The van der Waals surface area contributed by atoms with Crippen molar-refractivity contribution in [1.29, 1.82) is 0 Å². The number of nitrogens with zero attached hydrogens (tertiary/aromatic N) is 1. The van der Waals surface area contributed by atoms with Crippen molar-refractivity contribution in [3.05, 3.63) is 23.9 Å². The Bertz CT molecular complexity index is 503. The molecule has 1 aromatic rings. The van der Waals surface area contributed by atoms with Crippen LogP contribution in [0.15, 0.2) is 18.3 Å². The molecular formula is C16H23N3O2. The van der Waals surface area contributed by atoms with Gasteiger partial charge < -0.3 is 15.7 Å². The first-order valence-electron chi connectivity index (χ1n) is 7.04. The lowest BCUT2D eigenvalue weighted by atomic mass is 9.89. The van der Waals surface area contributed by atoms with Crippen molar-refractivity contribution >= 4 is 11.7 Å². The number of aromatic nitrogens is 1. The van der Waals surface area contributed by atoms with Crippen molar-refractivity contribution in [3.8, 4) is 12.3 Å². The molecule has 0 aliphatic carbocycles. The minimum absolute atomic E-state index is 0.179. The van der Waals surface area contributed by atoms with Crippen molar-refractivity contribution in [3.63, 3.8) is 0 Å². The standard InChI is InChI=1S/C16H23N3O2/c1-5-9-17-15(20)13-7-8-14(18-10-13)19-11-16(4,21)12(3)6-2/h1,7-8,10,12,21H,6,9,11H2,2-4H3,(H,17,20)(H,18,19)/t12-,16-/m0/s1. The highest BCUT2D eigenvalue weighted by molar-refractivity contribution is 5.94. The predicted molar refractivity (Wildman–Crippen MR) is 84.0 cm³/mol. The van der Waals surface area contributed by atoms with E-state index >= 15 is 0 Å². The molecule has 0 spiro atoms. The third-order valence-corrected chi connectivity index (χ3v) is 3.68. The normalized spacial score (nSPS) is 14.6. The number of anilines is 1. The summed E-state index contributed by atoms with van der Waals surface area (Å²) in [5, 5.41) is 16.0. The molecular weight excluding hydrogens is 266 g/mol.